The van der Waals surface area contributed by atoms with Gasteiger partial charge in [0.15, 0.2) is 0 Å². The van der Waals surface area contributed by atoms with Crippen LogP contribution in [-0.4, -0.2) is 17.9 Å². The Hall–Kier alpha value is 4.62. The standard InChI is InChI=1S/C4H9NO.C3H9N.Br2.2K.Na.H2O.2H/c1-2-3-4(5)6;1-2-3-4;1-2;;;;;;/h2-3H2,1H3,(H2,5,6);2-4H2,1H3;;;;;1H2;;/q;;;3*+1;;2*-1/p-1. The molecule has 0 unspecified atom stereocenters. The van der Waals surface area contributed by atoms with Gasteiger partial charge in [-0.15, -0.1) is 0 Å². The Morgan fingerprint density at radius 3 is 1.44 bits per heavy atom. The van der Waals surface area contributed by atoms with Crippen LogP contribution in [0.15, 0.2) is 0 Å². The molecule has 0 aliphatic carbocycles. The number of carbonyl (C=O) groups excluding carboxylic acids is 1. The Morgan fingerprint density at radius 2 is 1.44 bits per heavy atom. The molecule has 0 aliphatic rings. The molecule has 0 saturated heterocycles. The fourth-order valence-corrected chi connectivity index (χ4v) is 0.246. The van der Waals surface area contributed by atoms with Gasteiger partial charge in [0.25, 0.3) is 0 Å². The smallest absolute Gasteiger partial charge is 1.00 e. The number of nitrogens with two attached hydrogens (primary N) is 2. The van der Waals surface area contributed by atoms with E-state index < -0.39 is 0 Å². The molecule has 1 amide bonds. The van der Waals surface area contributed by atoms with Crippen LogP contribution >= 0.6 is 28.3 Å². The SMILES string of the molecule is BrBr.CCCC(N)=O.CCCN.[H-].[H-].[K+].[K+].[Na+].[OH-]. The third-order valence-corrected chi connectivity index (χ3v) is 0.785. The molecule has 0 heterocycles. The van der Waals surface area contributed by atoms with Gasteiger partial charge >= 0.3 is 132 Å². The molecule has 0 bridgehead atoms. The second kappa shape index (κ2) is 50.4. The quantitative estimate of drug-likeness (QED) is 0.439. The summed E-state index contributed by atoms with van der Waals surface area (Å²) in [7, 11) is 0. The molecule has 0 fully saturated rings. The molecular formula is C7H21Br2K2N2NaO2. The summed E-state index contributed by atoms with van der Waals surface area (Å²) < 4.78 is 0. The topological polar surface area (TPSA) is 99.1 Å². The van der Waals surface area contributed by atoms with Crippen molar-refractivity contribution in [2.24, 2.45) is 11.5 Å². The van der Waals surface area contributed by atoms with Gasteiger partial charge in [0, 0.05) is 34.7 Å². The minimum atomic E-state index is -0.211. The van der Waals surface area contributed by atoms with Crippen LogP contribution in [0.1, 0.15) is 36.0 Å². The van der Waals surface area contributed by atoms with Gasteiger partial charge in [-0.25, -0.2) is 0 Å². The minimum Gasteiger partial charge on any atom is -1.00 e. The molecule has 4 nitrogen and oxygen atoms in total. The fourth-order valence-electron chi connectivity index (χ4n) is 0.246. The summed E-state index contributed by atoms with van der Waals surface area (Å²) >= 11 is 5.50. The molecule has 0 rings (SSSR count). The van der Waals surface area contributed by atoms with Crippen molar-refractivity contribution in [3.8, 4) is 0 Å². The van der Waals surface area contributed by atoms with Crippen molar-refractivity contribution in [1.82, 2.24) is 0 Å². The maximum atomic E-state index is 9.82. The maximum absolute atomic E-state index is 9.82. The minimum absolute atomic E-state index is 0. The first-order valence-electron chi connectivity index (χ1n) is 3.81. The second-order valence-corrected chi connectivity index (χ2v) is 2.00. The predicted octanol–water partition coefficient (Wildman–Crippen LogP) is -6.62. The van der Waals surface area contributed by atoms with Gasteiger partial charge < -0.3 is 19.8 Å². The van der Waals surface area contributed by atoms with Crippen LogP contribution in [0.2, 0.25) is 0 Å². The zero-order valence-electron chi connectivity index (χ0n) is 13.1. The number of rotatable bonds is 3. The third-order valence-electron chi connectivity index (χ3n) is 0.785. The summed E-state index contributed by atoms with van der Waals surface area (Å²) in [4.78, 5) is 9.82. The van der Waals surface area contributed by atoms with Crippen molar-refractivity contribution in [1.29, 1.82) is 0 Å². The summed E-state index contributed by atoms with van der Waals surface area (Å²) in [6, 6.07) is 0. The molecule has 0 aromatic heterocycles. The van der Waals surface area contributed by atoms with Crippen LogP contribution in [-0.2, 0) is 4.79 Å². The van der Waals surface area contributed by atoms with Crippen LogP contribution in [0.5, 0.6) is 0 Å². The zero-order chi connectivity index (χ0) is 10.4. The van der Waals surface area contributed by atoms with Gasteiger partial charge in [0.2, 0.25) is 5.91 Å². The average Bonchev–Trinajstić information content (AvgIpc) is 2.08. The molecular weight excluding hydrogens is 405 g/mol. The molecule has 5 N–H and O–H groups in total. The van der Waals surface area contributed by atoms with E-state index in [2.05, 4.69) is 35.2 Å². The molecule has 0 aromatic rings. The summed E-state index contributed by atoms with van der Waals surface area (Å²) in [6.07, 6.45) is 2.47. The Labute approximate surface area is 225 Å². The normalized spacial score (nSPS) is 5.31. The van der Waals surface area contributed by atoms with E-state index in [1.54, 1.807) is 0 Å². The Balaban J connectivity index is -0.00000000892. The molecule has 0 atom stereocenters. The molecule has 0 spiro atoms. The summed E-state index contributed by atoms with van der Waals surface area (Å²) in [5.41, 5.74) is 9.79. The number of halogens is 2. The van der Waals surface area contributed by atoms with Gasteiger partial charge in [0.1, 0.15) is 0 Å². The number of carbonyl (C=O) groups is 1. The summed E-state index contributed by atoms with van der Waals surface area (Å²) in [5.74, 6) is -0.211. The van der Waals surface area contributed by atoms with Gasteiger partial charge in [-0.1, -0.05) is 13.8 Å². The molecule has 16 heavy (non-hydrogen) atoms. The molecule has 0 aromatic carbocycles. The van der Waals surface area contributed by atoms with Crippen molar-refractivity contribution < 1.29 is 145 Å². The van der Waals surface area contributed by atoms with Gasteiger partial charge in [-0.2, -0.15) is 0 Å². The van der Waals surface area contributed by atoms with Crippen molar-refractivity contribution in [3.05, 3.63) is 0 Å². The summed E-state index contributed by atoms with van der Waals surface area (Å²) in [5, 5.41) is 0. The number of hydrogen-bond acceptors (Lipinski definition) is 3. The van der Waals surface area contributed by atoms with Gasteiger partial charge in [0.05, 0.1) is 0 Å². The third kappa shape index (κ3) is 77.8. The Kier molecular flexibility index (Phi) is 135. The van der Waals surface area contributed by atoms with Gasteiger partial charge in [-0.3, -0.25) is 4.79 Å². The molecule has 9 heteroatoms. The maximum Gasteiger partial charge on any atom is 1.00 e. The van der Waals surface area contributed by atoms with E-state index in [-0.39, 0.29) is 147 Å². The predicted molar refractivity (Wildman–Crippen MR) is 65.5 cm³/mol. The van der Waals surface area contributed by atoms with E-state index in [4.69, 9.17) is 11.5 Å². The number of hydrogen-bond donors (Lipinski definition) is 2. The van der Waals surface area contributed by atoms with Crippen LogP contribution in [0.4, 0.5) is 0 Å². The first-order chi connectivity index (χ1) is 5.68. The van der Waals surface area contributed by atoms with Crippen molar-refractivity contribution >= 4 is 34.2 Å². The number of primary amides is 1. The van der Waals surface area contributed by atoms with E-state index in [0.717, 1.165) is 19.4 Å². The average molecular weight is 426 g/mol. The molecule has 0 aliphatic heterocycles. The largest absolute Gasteiger partial charge is 1.00 e. The van der Waals surface area contributed by atoms with E-state index in [0.29, 0.717) is 6.42 Å². The molecule has 0 saturated carbocycles. The van der Waals surface area contributed by atoms with E-state index >= 15 is 0 Å². The fraction of sp³-hybridized carbons (Fsp3) is 0.857. The van der Waals surface area contributed by atoms with Crippen LogP contribution in [0.25, 0.3) is 0 Å². The van der Waals surface area contributed by atoms with E-state index in [9.17, 15) is 4.79 Å². The molecule has 0 radical (unpaired) electrons. The van der Waals surface area contributed by atoms with E-state index in [1.165, 1.54) is 0 Å². The second-order valence-electron chi connectivity index (χ2n) is 2.00. The van der Waals surface area contributed by atoms with Crippen LogP contribution in [0.3, 0.4) is 0 Å². The Bertz CT molecular complexity index is 106. The monoisotopic (exact) mass is 424 g/mol. The summed E-state index contributed by atoms with van der Waals surface area (Å²) in [6.45, 7) is 4.80. The number of amides is 1. The van der Waals surface area contributed by atoms with Gasteiger partial charge in [-0.05, 0) is 19.4 Å². The zero-order valence-corrected chi connectivity index (χ0v) is 22.5. The van der Waals surface area contributed by atoms with Crippen molar-refractivity contribution in [2.75, 3.05) is 6.54 Å². The van der Waals surface area contributed by atoms with Crippen LogP contribution in [0, 0.1) is 0 Å². The van der Waals surface area contributed by atoms with Crippen molar-refractivity contribution in [3.63, 3.8) is 0 Å². The molecule has 88 valence electrons. The van der Waals surface area contributed by atoms with Crippen molar-refractivity contribution in [2.45, 2.75) is 33.1 Å². The first-order valence-corrected chi connectivity index (χ1v) is 7.53. The van der Waals surface area contributed by atoms with Crippen LogP contribution < -0.4 is 144 Å². The first kappa shape index (κ1) is 42.8. The van der Waals surface area contributed by atoms with E-state index in [1.807, 2.05) is 6.92 Å². The Morgan fingerprint density at radius 1 is 1.19 bits per heavy atom.